The molecule has 25 heavy (non-hydrogen) atoms. The van der Waals surface area contributed by atoms with Gasteiger partial charge in [0.05, 0.1) is 5.75 Å². The average molecular weight is 377 g/mol. The Balaban J connectivity index is 1.46. The van der Waals surface area contributed by atoms with Crippen molar-refractivity contribution in [2.24, 2.45) is 5.92 Å². The Morgan fingerprint density at radius 1 is 1.32 bits per heavy atom. The van der Waals surface area contributed by atoms with Crippen molar-refractivity contribution >= 4 is 45.3 Å². The summed E-state index contributed by atoms with van der Waals surface area (Å²) in [4.78, 5) is 34.9. The molecular formula is C17H20N4O2S2. The van der Waals surface area contributed by atoms with Crippen molar-refractivity contribution < 1.29 is 9.59 Å². The maximum atomic E-state index is 12.0. The van der Waals surface area contributed by atoms with E-state index in [1.807, 2.05) is 0 Å². The molecule has 2 N–H and O–H groups in total. The number of aromatic nitrogens is 2. The van der Waals surface area contributed by atoms with Crippen molar-refractivity contribution in [1.82, 2.24) is 20.6 Å². The van der Waals surface area contributed by atoms with E-state index in [2.05, 4.69) is 27.5 Å². The van der Waals surface area contributed by atoms with E-state index in [0.717, 1.165) is 40.9 Å². The van der Waals surface area contributed by atoms with Gasteiger partial charge in [-0.25, -0.2) is 14.8 Å². The molecule has 132 valence electrons. The lowest BCUT2D eigenvalue weighted by Crippen LogP contribution is -2.41. The zero-order chi connectivity index (χ0) is 17.4. The van der Waals surface area contributed by atoms with Crippen molar-refractivity contribution in [3.05, 3.63) is 16.8 Å². The number of thiophene rings is 1. The molecule has 0 spiro atoms. The summed E-state index contributed by atoms with van der Waals surface area (Å²) < 4.78 is 0. The number of imide groups is 1. The van der Waals surface area contributed by atoms with Crippen molar-refractivity contribution in [3.63, 3.8) is 0 Å². The molecule has 3 amide bonds. The summed E-state index contributed by atoms with van der Waals surface area (Å²) in [5.41, 5.74) is 1.35. The second-order valence-corrected chi connectivity index (χ2v) is 8.84. The minimum Gasteiger partial charge on any atom is -0.335 e. The maximum Gasteiger partial charge on any atom is 0.321 e. The molecule has 2 aliphatic carbocycles. The highest BCUT2D eigenvalue weighted by Gasteiger charge is 2.25. The van der Waals surface area contributed by atoms with Gasteiger partial charge in [-0.3, -0.25) is 10.1 Å². The van der Waals surface area contributed by atoms with E-state index in [1.165, 1.54) is 28.6 Å². The topological polar surface area (TPSA) is 84.0 Å². The Labute approximate surface area is 154 Å². The monoisotopic (exact) mass is 376 g/mol. The lowest BCUT2D eigenvalue weighted by atomic mass is 9.89. The molecule has 8 heteroatoms. The Kier molecular flexibility index (Phi) is 4.64. The largest absolute Gasteiger partial charge is 0.335 e. The second-order valence-electron chi connectivity index (χ2n) is 6.80. The highest BCUT2D eigenvalue weighted by molar-refractivity contribution is 8.00. The SMILES string of the molecule is C[C@H]1CCc2c(sc3ncnc(SCC(=O)NC(=O)NC4CC4)c23)C1. The van der Waals surface area contributed by atoms with Crippen LogP contribution in [0.2, 0.25) is 0 Å². The standard InChI is InChI=1S/C17H20N4O2S2/c1-9-2-5-11-12(6-9)25-16-14(11)15(18-8-19-16)24-7-13(22)21-17(23)20-10-3-4-10/h8-10H,2-7H2,1H3,(H2,20,21,22,23)/t9-/m0/s1. The predicted octanol–water partition coefficient (Wildman–Crippen LogP) is 2.90. The van der Waals surface area contributed by atoms with Crippen molar-refractivity contribution in [1.29, 1.82) is 0 Å². The molecule has 0 aromatic carbocycles. The van der Waals surface area contributed by atoms with Gasteiger partial charge in [0.2, 0.25) is 5.91 Å². The number of nitrogens with zero attached hydrogens (tertiary/aromatic N) is 2. The van der Waals surface area contributed by atoms with Crippen molar-refractivity contribution in [2.45, 2.75) is 50.1 Å². The quantitative estimate of drug-likeness (QED) is 0.633. The second kappa shape index (κ2) is 6.92. The zero-order valence-corrected chi connectivity index (χ0v) is 15.6. The highest BCUT2D eigenvalue weighted by atomic mass is 32.2. The fourth-order valence-corrected chi connectivity index (χ4v) is 5.34. The molecule has 2 aromatic heterocycles. The maximum absolute atomic E-state index is 12.0. The zero-order valence-electron chi connectivity index (χ0n) is 14.0. The van der Waals surface area contributed by atoms with Crippen molar-refractivity contribution in [3.8, 4) is 0 Å². The number of rotatable bonds is 4. The lowest BCUT2D eigenvalue weighted by molar-refractivity contribution is -0.117. The summed E-state index contributed by atoms with van der Waals surface area (Å²) in [6.07, 6.45) is 6.89. The molecule has 4 rings (SSSR count). The van der Waals surface area contributed by atoms with Gasteiger partial charge < -0.3 is 5.32 Å². The highest BCUT2D eigenvalue weighted by Crippen LogP contribution is 2.40. The number of hydrogen-bond donors (Lipinski definition) is 2. The van der Waals surface area contributed by atoms with Gasteiger partial charge >= 0.3 is 6.03 Å². The van der Waals surface area contributed by atoms with Crippen LogP contribution in [0, 0.1) is 5.92 Å². The third-order valence-corrected chi connectivity index (χ3v) is 6.71. The number of hydrogen-bond acceptors (Lipinski definition) is 6. The van der Waals surface area contributed by atoms with Crippen molar-refractivity contribution in [2.75, 3.05) is 5.75 Å². The molecule has 0 aliphatic heterocycles. The minimum atomic E-state index is -0.400. The van der Waals surface area contributed by atoms with Crippen LogP contribution >= 0.6 is 23.1 Å². The Morgan fingerprint density at radius 3 is 2.96 bits per heavy atom. The Bertz CT molecular complexity index is 831. The Morgan fingerprint density at radius 2 is 2.16 bits per heavy atom. The van der Waals surface area contributed by atoms with E-state index in [9.17, 15) is 9.59 Å². The number of amides is 3. The first-order chi connectivity index (χ1) is 12.1. The Hall–Kier alpha value is -1.67. The molecule has 0 unspecified atom stereocenters. The normalized spacial score (nSPS) is 19.5. The van der Waals surface area contributed by atoms with Crippen LogP contribution in [0.15, 0.2) is 11.4 Å². The molecule has 2 heterocycles. The van der Waals surface area contributed by atoms with E-state index in [4.69, 9.17) is 0 Å². The molecule has 2 aromatic rings. The lowest BCUT2D eigenvalue weighted by Gasteiger charge is -2.18. The fourth-order valence-electron chi connectivity index (χ4n) is 3.10. The number of fused-ring (bicyclic) bond motifs is 3. The summed E-state index contributed by atoms with van der Waals surface area (Å²) in [5.74, 6) is 0.582. The summed E-state index contributed by atoms with van der Waals surface area (Å²) in [7, 11) is 0. The van der Waals surface area contributed by atoms with Crippen LogP contribution in [0.3, 0.4) is 0 Å². The van der Waals surface area contributed by atoms with Crippen LogP contribution < -0.4 is 10.6 Å². The third kappa shape index (κ3) is 3.79. The fraction of sp³-hybridized carbons (Fsp3) is 0.529. The third-order valence-electron chi connectivity index (χ3n) is 4.56. The van der Waals surface area contributed by atoms with Gasteiger partial charge in [0.25, 0.3) is 0 Å². The number of nitrogens with one attached hydrogen (secondary N) is 2. The predicted molar refractivity (Wildman–Crippen MR) is 99.0 cm³/mol. The molecule has 6 nitrogen and oxygen atoms in total. The van der Waals surface area contributed by atoms with E-state index in [1.54, 1.807) is 17.7 Å². The molecule has 1 saturated carbocycles. The van der Waals surface area contributed by atoms with Gasteiger partial charge in [0.15, 0.2) is 0 Å². The van der Waals surface area contributed by atoms with Gasteiger partial charge in [0.1, 0.15) is 16.2 Å². The molecule has 1 fully saturated rings. The molecule has 0 saturated heterocycles. The van der Waals surface area contributed by atoms with Crippen LogP contribution in [0.4, 0.5) is 4.79 Å². The summed E-state index contributed by atoms with van der Waals surface area (Å²) in [6, 6.07) is -0.163. The number of carbonyl (C=O) groups is 2. The van der Waals surface area contributed by atoms with Gasteiger partial charge in [-0.05, 0) is 43.6 Å². The van der Waals surface area contributed by atoms with Crippen LogP contribution in [0.5, 0.6) is 0 Å². The molecule has 0 bridgehead atoms. The van der Waals surface area contributed by atoms with Gasteiger partial charge in [-0.1, -0.05) is 18.7 Å². The first-order valence-electron chi connectivity index (χ1n) is 8.58. The average Bonchev–Trinajstić information content (AvgIpc) is 3.30. The van der Waals surface area contributed by atoms with E-state index >= 15 is 0 Å². The van der Waals surface area contributed by atoms with E-state index in [-0.39, 0.29) is 17.7 Å². The first-order valence-corrected chi connectivity index (χ1v) is 10.4. The number of carbonyl (C=O) groups excluding carboxylic acids is 2. The minimum absolute atomic E-state index is 0.172. The summed E-state index contributed by atoms with van der Waals surface area (Å²) in [5, 5.41) is 7.08. The molecule has 0 radical (unpaired) electrons. The van der Waals surface area contributed by atoms with Crippen LogP contribution in [0.25, 0.3) is 10.2 Å². The summed E-state index contributed by atoms with van der Waals surface area (Å²) in [6.45, 7) is 2.28. The number of urea groups is 1. The number of aryl methyl sites for hydroxylation is 1. The molecule has 2 aliphatic rings. The van der Waals surface area contributed by atoms with Gasteiger partial charge in [-0.15, -0.1) is 11.3 Å². The van der Waals surface area contributed by atoms with Gasteiger partial charge in [-0.2, -0.15) is 0 Å². The van der Waals surface area contributed by atoms with E-state index in [0.29, 0.717) is 5.92 Å². The molecular weight excluding hydrogens is 356 g/mol. The molecule has 1 atom stereocenters. The summed E-state index contributed by atoms with van der Waals surface area (Å²) >= 11 is 3.12. The van der Waals surface area contributed by atoms with E-state index < -0.39 is 6.03 Å². The van der Waals surface area contributed by atoms with Gasteiger partial charge in [0, 0.05) is 16.3 Å². The van der Waals surface area contributed by atoms with Crippen LogP contribution in [-0.2, 0) is 17.6 Å². The first kappa shape index (κ1) is 16.8. The van der Waals surface area contributed by atoms with Crippen LogP contribution in [0.1, 0.15) is 36.6 Å². The smallest absolute Gasteiger partial charge is 0.321 e. The van der Waals surface area contributed by atoms with Crippen LogP contribution in [-0.4, -0.2) is 33.7 Å². The number of thioether (sulfide) groups is 1.